The van der Waals surface area contributed by atoms with E-state index in [0.717, 1.165) is 31.7 Å². The number of rotatable bonds is 5. The van der Waals surface area contributed by atoms with Gasteiger partial charge in [0.2, 0.25) is 0 Å². The van der Waals surface area contributed by atoms with Crippen LogP contribution in [0.1, 0.15) is 12.0 Å². The van der Waals surface area contributed by atoms with Gasteiger partial charge in [0.1, 0.15) is 0 Å². The standard InChI is InChI=1S/C19H20FN5/c20-17-6-3-9-21-19(17)24-12-8-16(14-24)22-13-15-5-1-2-7-18(15)25-11-4-10-23-25/h1-7,9-11,16,22H,8,12-14H2/t16-/m0/s1. The number of anilines is 1. The highest BCUT2D eigenvalue weighted by Gasteiger charge is 2.25. The van der Waals surface area contributed by atoms with Crippen molar-refractivity contribution in [3.8, 4) is 5.69 Å². The van der Waals surface area contributed by atoms with Gasteiger partial charge in [-0.1, -0.05) is 18.2 Å². The van der Waals surface area contributed by atoms with Crippen LogP contribution < -0.4 is 10.2 Å². The van der Waals surface area contributed by atoms with Crippen molar-refractivity contribution in [2.75, 3.05) is 18.0 Å². The van der Waals surface area contributed by atoms with Crippen LogP contribution in [0.5, 0.6) is 0 Å². The highest BCUT2D eigenvalue weighted by Crippen LogP contribution is 2.21. The van der Waals surface area contributed by atoms with Crippen LogP contribution in [0, 0.1) is 5.82 Å². The zero-order valence-electron chi connectivity index (χ0n) is 13.8. The lowest BCUT2D eigenvalue weighted by Crippen LogP contribution is -2.32. The normalized spacial score (nSPS) is 17.2. The van der Waals surface area contributed by atoms with Crippen molar-refractivity contribution in [1.29, 1.82) is 0 Å². The molecule has 1 aromatic carbocycles. The molecule has 0 aliphatic carbocycles. The second-order valence-electron chi connectivity index (χ2n) is 6.20. The fourth-order valence-electron chi connectivity index (χ4n) is 3.28. The second-order valence-corrected chi connectivity index (χ2v) is 6.20. The first-order valence-electron chi connectivity index (χ1n) is 8.48. The maximum absolute atomic E-state index is 13.9. The molecule has 6 heteroatoms. The number of nitrogens with one attached hydrogen (secondary N) is 1. The van der Waals surface area contributed by atoms with Gasteiger partial charge in [0.25, 0.3) is 0 Å². The third-order valence-corrected chi connectivity index (χ3v) is 4.55. The van der Waals surface area contributed by atoms with Gasteiger partial charge in [-0.15, -0.1) is 0 Å². The van der Waals surface area contributed by atoms with Crippen LogP contribution in [-0.4, -0.2) is 33.9 Å². The molecule has 1 aliphatic rings. The van der Waals surface area contributed by atoms with Crippen LogP contribution in [0.4, 0.5) is 10.2 Å². The maximum atomic E-state index is 13.9. The molecule has 0 spiro atoms. The van der Waals surface area contributed by atoms with Crippen molar-refractivity contribution in [3.63, 3.8) is 0 Å². The molecule has 0 saturated carbocycles. The molecule has 1 saturated heterocycles. The van der Waals surface area contributed by atoms with E-state index in [1.54, 1.807) is 18.5 Å². The summed E-state index contributed by atoms with van der Waals surface area (Å²) in [6.45, 7) is 2.32. The van der Waals surface area contributed by atoms with Crippen LogP contribution in [-0.2, 0) is 6.54 Å². The number of halogens is 1. The van der Waals surface area contributed by atoms with Crippen LogP contribution in [0.25, 0.3) is 5.69 Å². The van der Waals surface area contributed by atoms with E-state index in [1.165, 1.54) is 11.6 Å². The molecule has 1 N–H and O–H groups in total. The smallest absolute Gasteiger partial charge is 0.165 e. The van der Waals surface area contributed by atoms with Crippen molar-refractivity contribution in [1.82, 2.24) is 20.1 Å². The van der Waals surface area contributed by atoms with Crippen LogP contribution in [0.15, 0.2) is 61.1 Å². The summed E-state index contributed by atoms with van der Waals surface area (Å²) in [5.74, 6) is 0.191. The van der Waals surface area contributed by atoms with Crippen molar-refractivity contribution < 1.29 is 4.39 Å². The van der Waals surface area contributed by atoms with E-state index in [4.69, 9.17) is 0 Å². The number of benzene rings is 1. The Bertz CT molecular complexity index is 833. The molecule has 2 aromatic heterocycles. The van der Waals surface area contributed by atoms with Crippen molar-refractivity contribution in [2.24, 2.45) is 0 Å². The molecule has 3 heterocycles. The minimum Gasteiger partial charge on any atom is -0.353 e. The van der Waals surface area contributed by atoms with Gasteiger partial charge in [-0.2, -0.15) is 5.10 Å². The summed E-state index contributed by atoms with van der Waals surface area (Å²) in [5, 5.41) is 7.91. The van der Waals surface area contributed by atoms with Crippen LogP contribution >= 0.6 is 0 Å². The zero-order valence-corrected chi connectivity index (χ0v) is 13.8. The van der Waals surface area contributed by atoms with E-state index in [2.05, 4.69) is 27.5 Å². The largest absolute Gasteiger partial charge is 0.353 e. The molecule has 0 bridgehead atoms. The third kappa shape index (κ3) is 3.39. The van der Waals surface area contributed by atoms with Gasteiger partial charge in [-0.3, -0.25) is 0 Å². The fourth-order valence-corrected chi connectivity index (χ4v) is 3.28. The monoisotopic (exact) mass is 337 g/mol. The summed E-state index contributed by atoms with van der Waals surface area (Å²) in [6, 6.07) is 13.5. The Morgan fingerprint density at radius 3 is 2.88 bits per heavy atom. The summed E-state index contributed by atoms with van der Waals surface area (Å²) in [6.07, 6.45) is 6.33. The van der Waals surface area contributed by atoms with Gasteiger partial charge in [-0.05, 0) is 36.2 Å². The van der Waals surface area contributed by atoms with E-state index in [0.29, 0.717) is 11.9 Å². The maximum Gasteiger partial charge on any atom is 0.165 e. The summed E-state index contributed by atoms with van der Waals surface area (Å²) in [7, 11) is 0. The predicted molar refractivity (Wildman–Crippen MR) is 95.2 cm³/mol. The van der Waals surface area contributed by atoms with Crippen molar-refractivity contribution in [3.05, 3.63) is 72.4 Å². The summed E-state index contributed by atoms with van der Waals surface area (Å²) in [4.78, 5) is 6.18. The van der Waals surface area contributed by atoms with Gasteiger partial charge in [0.05, 0.1) is 5.69 Å². The molecule has 1 atom stereocenters. The topological polar surface area (TPSA) is 46.0 Å². The molecule has 3 aromatic rings. The first-order valence-corrected chi connectivity index (χ1v) is 8.48. The predicted octanol–water partition coefficient (Wildman–Crippen LogP) is 2.77. The molecule has 25 heavy (non-hydrogen) atoms. The lowest BCUT2D eigenvalue weighted by Gasteiger charge is -2.19. The average Bonchev–Trinajstić information content (AvgIpc) is 3.33. The Kier molecular flexibility index (Phi) is 4.43. The number of para-hydroxylation sites is 1. The van der Waals surface area contributed by atoms with E-state index in [9.17, 15) is 4.39 Å². The van der Waals surface area contributed by atoms with Gasteiger partial charge >= 0.3 is 0 Å². The molecule has 5 nitrogen and oxygen atoms in total. The Labute approximate surface area is 146 Å². The first kappa shape index (κ1) is 15.8. The molecule has 0 radical (unpaired) electrons. The van der Waals surface area contributed by atoms with Crippen molar-refractivity contribution >= 4 is 5.82 Å². The van der Waals surface area contributed by atoms with E-state index in [-0.39, 0.29) is 5.82 Å². The van der Waals surface area contributed by atoms with E-state index >= 15 is 0 Å². The average molecular weight is 337 g/mol. The van der Waals surface area contributed by atoms with E-state index < -0.39 is 0 Å². The van der Waals surface area contributed by atoms with Crippen molar-refractivity contribution in [2.45, 2.75) is 19.0 Å². The molecular formula is C19H20FN5. The molecule has 1 aliphatic heterocycles. The molecule has 128 valence electrons. The Hall–Kier alpha value is -2.73. The Morgan fingerprint density at radius 1 is 1.12 bits per heavy atom. The molecular weight excluding hydrogens is 317 g/mol. The van der Waals surface area contributed by atoms with E-state index in [1.807, 2.05) is 34.0 Å². The Morgan fingerprint density at radius 2 is 2.04 bits per heavy atom. The summed E-state index contributed by atoms with van der Waals surface area (Å²) < 4.78 is 15.8. The minimum atomic E-state index is -0.257. The third-order valence-electron chi connectivity index (χ3n) is 4.55. The fraction of sp³-hybridized carbons (Fsp3) is 0.263. The molecule has 1 fully saturated rings. The number of hydrogen-bond acceptors (Lipinski definition) is 4. The minimum absolute atomic E-state index is 0.257. The number of aromatic nitrogens is 3. The quantitative estimate of drug-likeness (QED) is 0.778. The van der Waals surface area contributed by atoms with Gasteiger partial charge in [0.15, 0.2) is 11.6 Å². The summed E-state index contributed by atoms with van der Waals surface area (Å²) >= 11 is 0. The number of pyridine rings is 1. The van der Waals surface area contributed by atoms with Gasteiger partial charge in [0, 0.05) is 44.3 Å². The lowest BCUT2D eigenvalue weighted by molar-refractivity contribution is 0.548. The Balaban J connectivity index is 1.41. The van der Waals surface area contributed by atoms with Crippen LogP contribution in [0.2, 0.25) is 0 Å². The highest BCUT2D eigenvalue weighted by molar-refractivity contribution is 5.42. The first-order chi connectivity index (χ1) is 12.3. The SMILES string of the molecule is Fc1cccnc1N1CC[C@H](NCc2ccccc2-n2cccn2)C1. The number of nitrogens with zero attached hydrogens (tertiary/aromatic N) is 4. The molecule has 4 rings (SSSR count). The number of hydrogen-bond donors (Lipinski definition) is 1. The highest BCUT2D eigenvalue weighted by atomic mass is 19.1. The van der Waals surface area contributed by atoms with Gasteiger partial charge in [-0.25, -0.2) is 14.1 Å². The van der Waals surface area contributed by atoms with Gasteiger partial charge < -0.3 is 10.2 Å². The second kappa shape index (κ2) is 7.03. The molecule has 0 unspecified atom stereocenters. The summed E-state index contributed by atoms with van der Waals surface area (Å²) in [5.41, 5.74) is 2.26. The molecule has 0 amide bonds. The zero-order chi connectivity index (χ0) is 17.1. The van der Waals surface area contributed by atoms with Crippen LogP contribution in [0.3, 0.4) is 0 Å². The lowest BCUT2D eigenvalue weighted by atomic mass is 10.1.